The molecule has 44 heavy (non-hydrogen) atoms. The molecule has 238 valence electrons. The maximum atomic E-state index is 14.8. The lowest BCUT2D eigenvalue weighted by Gasteiger charge is -2.35. The van der Waals surface area contributed by atoms with E-state index in [1.807, 2.05) is 78.8 Å². The maximum absolute atomic E-state index is 14.8. The SMILES string of the molecule is CCOc1cccc(OCC)c1C(=O)C(C(=O)c1c(OCC)cccc1OCC)C(C)(C)CC(C)C[PH](=O)c1ccccc1. The highest BCUT2D eigenvalue weighted by molar-refractivity contribution is 7.53. The van der Waals surface area contributed by atoms with Gasteiger partial charge >= 0.3 is 0 Å². The summed E-state index contributed by atoms with van der Waals surface area (Å²) in [5.74, 6) is -0.532. The first-order chi connectivity index (χ1) is 21.1. The number of rotatable bonds is 18. The standard InChI is InChI=1S/C36H47O7P/c1-8-40-27-19-15-20-28(41-9-2)31(27)34(37)33(35(38)32-29(42-10-3)21-16-22-30(32)43-11-4)36(6,7)23-25(5)24-44(39)26-17-13-12-14-18-26/h12-22,25,33,44H,8-11,23-24H2,1-7H3. The molecule has 2 unspecified atom stereocenters. The molecule has 0 amide bonds. The van der Waals surface area contributed by atoms with Crippen LogP contribution in [0.2, 0.25) is 0 Å². The van der Waals surface area contributed by atoms with Crippen LogP contribution in [-0.4, -0.2) is 44.2 Å². The molecule has 0 saturated carbocycles. The first kappa shape index (κ1) is 34.9. The fraction of sp³-hybridized carbons (Fsp3) is 0.444. The minimum atomic E-state index is -2.06. The highest BCUT2D eigenvalue weighted by Gasteiger charge is 2.45. The Labute approximate surface area is 263 Å². The predicted octanol–water partition coefficient (Wildman–Crippen LogP) is 7.90. The molecule has 0 aliphatic carbocycles. The molecule has 3 aromatic carbocycles. The highest BCUT2D eigenvalue weighted by Crippen LogP contribution is 2.45. The van der Waals surface area contributed by atoms with E-state index in [1.54, 1.807) is 36.4 Å². The smallest absolute Gasteiger partial charge is 0.181 e. The predicted molar refractivity (Wildman–Crippen MR) is 177 cm³/mol. The van der Waals surface area contributed by atoms with Gasteiger partial charge in [-0.1, -0.05) is 63.2 Å². The van der Waals surface area contributed by atoms with Crippen molar-refractivity contribution in [1.82, 2.24) is 0 Å². The number of ketones is 2. The zero-order chi connectivity index (χ0) is 32.3. The number of Topliss-reactive ketones (excluding diaryl/α,β-unsaturated/α-hetero) is 2. The van der Waals surface area contributed by atoms with Gasteiger partial charge in [0.05, 0.1) is 32.3 Å². The Morgan fingerprint density at radius 1 is 0.659 bits per heavy atom. The molecule has 7 nitrogen and oxygen atoms in total. The molecule has 8 heteroatoms. The van der Waals surface area contributed by atoms with Crippen molar-refractivity contribution in [1.29, 1.82) is 0 Å². The molecule has 0 fully saturated rings. The molecule has 0 aliphatic heterocycles. The van der Waals surface area contributed by atoms with Crippen molar-refractivity contribution in [2.45, 2.75) is 54.9 Å². The van der Waals surface area contributed by atoms with Crippen molar-refractivity contribution in [3.8, 4) is 23.0 Å². The van der Waals surface area contributed by atoms with Crippen LogP contribution in [0.3, 0.4) is 0 Å². The first-order valence-electron chi connectivity index (χ1n) is 15.5. The molecule has 0 bridgehead atoms. The number of carbonyl (C=O) groups excluding carboxylic acids is 2. The van der Waals surface area contributed by atoms with Gasteiger partial charge in [-0.2, -0.15) is 0 Å². The van der Waals surface area contributed by atoms with Crippen LogP contribution in [0.1, 0.15) is 75.6 Å². The number of hydrogen-bond acceptors (Lipinski definition) is 7. The van der Waals surface area contributed by atoms with Gasteiger partial charge in [-0.05, 0) is 69.7 Å². The molecule has 3 aromatic rings. The second kappa shape index (κ2) is 16.5. The van der Waals surface area contributed by atoms with Crippen LogP contribution in [0.25, 0.3) is 0 Å². The number of ether oxygens (including phenoxy) is 4. The summed E-state index contributed by atoms with van der Waals surface area (Å²) in [5.41, 5.74) is -0.391. The van der Waals surface area contributed by atoms with E-state index in [0.717, 1.165) is 5.30 Å². The lowest BCUT2D eigenvalue weighted by atomic mass is 9.67. The molecular weight excluding hydrogens is 575 g/mol. The molecule has 0 heterocycles. The molecular formula is C36H47O7P. The number of benzene rings is 3. The van der Waals surface area contributed by atoms with Crippen LogP contribution in [-0.2, 0) is 4.57 Å². The van der Waals surface area contributed by atoms with Crippen molar-refractivity contribution in [3.63, 3.8) is 0 Å². The minimum absolute atomic E-state index is 0.0401. The van der Waals surface area contributed by atoms with E-state index in [2.05, 4.69) is 0 Å². The number of hydrogen-bond donors (Lipinski definition) is 0. The summed E-state index contributed by atoms with van der Waals surface area (Å²) in [6.07, 6.45) is 0.937. The average molecular weight is 623 g/mol. The van der Waals surface area contributed by atoms with E-state index >= 15 is 0 Å². The third kappa shape index (κ3) is 8.53. The Hall–Kier alpha value is -3.57. The Kier molecular flexibility index (Phi) is 13.1. The summed E-state index contributed by atoms with van der Waals surface area (Å²) >= 11 is 0. The van der Waals surface area contributed by atoms with Crippen molar-refractivity contribution in [2.75, 3.05) is 32.6 Å². The topological polar surface area (TPSA) is 88.1 Å². The van der Waals surface area contributed by atoms with Crippen molar-refractivity contribution in [2.24, 2.45) is 17.3 Å². The van der Waals surface area contributed by atoms with E-state index in [-0.39, 0.29) is 17.0 Å². The fourth-order valence-corrected chi connectivity index (χ4v) is 7.45. The van der Waals surface area contributed by atoms with E-state index in [4.69, 9.17) is 18.9 Å². The van der Waals surface area contributed by atoms with Gasteiger partial charge in [0.25, 0.3) is 0 Å². The summed E-state index contributed by atoms with van der Waals surface area (Å²) in [5, 5.41) is 0.824. The molecule has 0 spiro atoms. The van der Waals surface area contributed by atoms with Crippen molar-refractivity contribution < 1.29 is 33.1 Å². The molecule has 3 rings (SSSR count). The summed E-state index contributed by atoms with van der Waals surface area (Å²) in [6, 6.07) is 19.9. The van der Waals surface area contributed by atoms with Gasteiger partial charge < -0.3 is 23.5 Å². The zero-order valence-corrected chi connectivity index (χ0v) is 28.1. The third-order valence-corrected chi connectivity index (χ3v) is 9.52. The van der Waals surface area contributed by atoms with Gasteiger partial charge in [-0.25, -0.2) is 0 Å². The Morgan fingerprint density at radius 2 is 1.05 bits per heavy atom. The Morgan fingerprint density at radius 3 is 1.41 bits per heavy atom. The second-order valence-electron chi connectivity index (χ2n) is 11.4. The Balaban J connectivity index is 2.16. The molecule has 0 N–H and O–H groups in total. The van der Waals surface area contributed by atoms with Crippen LogP contribution in [0.4, 0.5) is 0 Å². The van der Waals surface area contributed by atoms with Gasteiger partial charge in [-0.15, -0.1) is 0 Å². The first-order valence-corrected chi connectivity index (χ1v) is 17.1. The van der Waals surface area contributed by atoms with Gasteiger partial charge in [0.15, 0.2) is 11.6 Å². The number of carbonyl (C=O) groups is 2. The lowest BCUT2D eigenvalue weighted by Crippen LogP contribution is -2.39. The molecule has 0 radical (unpaired) electrons. The monoisotopic (exact) mass is 622 g/mol. The van der Waals surface area contributed by atoms with E-state index in [1.165, 1.54) is 0 Å². The molecule has 2 atom stereocenters. The van der Waals surface area contributed by atoms with E-state index in [9.17, 15) is 14.2 Å². The molecule has 0 saturated heterocycles. The second-order valence-corrected chi connectivity index (χ2v) is 13.3. The van der Waals surface area contributed by atoms with Gasteiger partial charge in [0.1, 0.15) is 41.9 Å². The summed E-state index contributed by atoms with van der Waals surface area (Å²) < 4.78 is 36.9. The van der Waals surface area contributed by atoms with Crippen LogP contribution < -0.4 is 24.3 Å². The van der Waals surface area contributed by atoms with E-state index in [0.29, 0.717) is 62.0 Å². The molecule has 0 aromatic heterocycles. The minimum Gasteiger partial charge on any atom is -0.493 e. The van der Waals surface area contributed by atoms with Crippen molar-refractivity contribution in [3.05, 3.63) is 77.9 Å². The summed E-state index contributed by atoms with van der Waals surface area (Å²) in [6.45, 7) is 14.6. The summed E-state index contributed by atoms with van der Waals surface area (Å²) in [4.78, 5) is 29.7. The third-order valence-electron chi connectivity index (χ3n) is 7.48. The van der Waals surface area contributed by atoms with Gasteiger partial charge in [0, 0.05) is 11.5 Å². The van der Waals surface area contributed by atoms with Gasteiger partial charge in [-0.3, -0.25) is 9.59 Å². The van der Waals surface area contributed by atoms with Gasteiger partial charge in [0.2, 0.25) is 0 Å². The van der Waals surface area contributed by atoms with Crippen LogP contribution in [0.5, 0.6) is 23.0 Å². The fourth-order valence-electron chi connectivity index (χ4n) is 5.87. The largest absolute Gasteiger partial charge is 0.493 e. The summed E-state index contributed by atoms with van der Waals surface area (Å²) in [7, 11) is -2.06. The van der Waals surface area contributed by atoms with Crippen LogP contribution in [0.15, 0.2) is 66.7 Å². The maximum Gasteiger partial charge on any atom is 0.181 e. The van der Waals surface area contributed by atoms with E-state index < -0.39 is 30.7 Å². The lowest BCUT2D eigenvalue weighted by molar-refractivity contribution is 0.0634. The zero-order valence-electron chi connectivity index (χ0n) is 27.1. The quantitative estimate of drug-likeness (QED) is 0.0810. The van der Waals surface area contributed by atoms with Crippen molar-refractivity contribution >= 4 is 24.7 Å². The normalized spacial score (nSPS) is 12.8. The van der Waals surface area contributed by atoms with Crippen LogP contribution in [0, 0.1) is 17.3 Å². The van der Waals surface area contributed by atoms with Crippen LogP contribution >= 0.6 is 7.80 Å². The average Bonchev–Trinajstić information content (AvgIpc) is 2.98. The Bertz CT molecular complexity index is 1300. The highest BCUT2D eigenvalue weighted by atomic mass is 31.1. The molecule has 0 aliphatic rings.